The van der Waals surface area contributed by atoms with Crippen molar-refractivity contribution < 1.29 is 14.3 Å². The van der Waals surface area contributed by atoms with E-state index in [9.17, 15) is 4.79 Å². The second-order valence-electron chi connectivity index (χ2n) is 6.16. The number of hydrogen-bond donors (Lipinski definition) is 1. The van der Waals surface area contributed by atoms with Crippen molar-refractivity contribution in [3.8, 4) is 11.5 Å². The van der Waals surface area contributed by atoms with Gasteiger partial charge in [0.1, 0.15) is 6.61 Å². The number of anilines is 1. The summed E-state index contributed by atoms with van der Waals surface area (Å²) in [5, 5.41) is 2.90. The van der Waals surface area contributed by atoms with Crippen LogP contribution in [-0.2, 0) is 4.79 Å². The van der Waals surface area contributed by atoms with Crippen LogP contribution in [0.25, 0.3) is 0 Å². The predicted molar refractivity (Wildman–Crippen MR) is 102 cm³/mol. The summed E-state index contributed by atoms with van der Waals surface area (Å²) in [7, 11) is 1.60. The molecule has 1 aliphatic heterocycles. The molecule has 1 fully saturated rings. The standard InChI is InChI=1S/C19H25N5O3/c1-26-16-5-2-3-6-17(16)27-14-9-20-18(25)15-23-10-12-24(13-11-23)19-21-7-4-8-22-19/h2-8H,9-15H2,1H3,(H,20,25). The van der Waals surface area contributed by atoms with Crippen LogP contribution in [0.2, 0.25) is 0 Å². The van der Waals surface area contributed by atoms with Crippen LogP contribution in [-0.4, -0.2) is 73.8 Å². The Kier molecular flexibility index (Phi) is 6.81. The van der Waals surface area contributed by atoms with Gasteiger partial charge in [0.2, 0.25) is 11.9 Å². The molecule has 8 heteroatoms. The largest absolute Gasteiger partial charge is 0.493 e. The molecule has 0 radical (unpaired) electrons. The number of nitrogens with one attached hydrogen (secondary N) is 1. The number of aromatic nitrogens is 2. The van der Waals surface area contributed by atoms with Crippen molar-refractivity contribution in [1.29, 1.82) is 0 Å². The second kappa shape index (κ2) is 9.72. The van der Waals surface area contributed by atoms with Crippen LogP contribution in [0.3, 0.4) is 0 Å². The van der Waals surface area contributed by atoms with Crippen molar-refractivity contribution in [2.75, 3.05) is 57.9 Å². The van der Waals surface area contributed by atoms with Crippen molar-refractivity contribution in [2.45, 2.75) is 0 Å². The smallest absolute Gasteiger partial charge is 0.234 e. The maximum absolute atomic E-state index is 12.1. The fraction of sp³-hybridized carbons (Fsp3) is 0.421. The van der Waals surface area contributed by atoms with E-state index < -0.39 is 0 Å². The van der Waals surface area contributed by atoms with E-state index in [2.05, 4.69) is 25.1 Å². The van der Waals surface area contributed by atoms with Crippen LogP contribution in [0.15, 0.2) is 42.7 Å². The first-order valence-corrected chi connectivity index (χ1v) is 9.03. The molecular weight excluding hydrogens is 346 g/mol. The van der Waals surface area contributed by atoms with Crippen LogP contribution < -0.4 is 19.7 Å². The van der Waals surface area contributed by atoms with E-state index in [1.807, 2.05) is 30.3 Å². The van der Waals surface area contributed by atoms with E-state index in [4.69, 9.17) is 9.47 Å². The number of carbonyl (C=O) groups is 1. The van der Waals surface area contributed by atoms with Crippen molar-refractivity contribution >= 4 is 11.9 Å². The minimum atomic E-state index is 0.00281. The Morgan fingerprint density at radius 3 is 2.48 bits per heavy atom. The van der Waals surface area contributed by atoms with E-state index in [0.717, 1.165) is 32.1 Å². The quantitative estimate of drug-likeness (QED) is 0.688. The van der Waals surface area contributed by atoms with Gasteiger partial charge in [-0.2, -0.15) is 0 Å². The maximum atomic E-state index is 12.1. The van der Waals surface area contributed by atoms with Gasteiger partial charge < -0.3 is 19.7 Å². The third-order valence-corrected chi connectivity index (χ3v) is 4.33. The summed E-state index contributed by atoms with van der Waals surface area (Å²) in [6.45, 7) is 4.48. The monoisotopic (exact) mass is 371 g/mol. The van der Waals surface area contributed by atoms with Gasteiger partial charge in [-0.1, -0.05) is 12.1 Å². The molecule has 0 atom stereocenters. The van der Waals surface area contributed by atoms with E-state index >= 15 is 0 Å². The first-order chi connectivity index (χ1) is 13.3. The predicted octanol–water partition coefficient (Wildman–Crippen LogP) is 0.802. The number of ether oxygens (including phenoxy) is 2. The zero-order valence-electron chi connectivity index (χ0n) is 15.5. The van der Waals surface area contributed by atoms with Crippen LogP contribution in [0.5, 0.6) is 11.5 Å². The van der Waals surface area contributed by atoms with Gasteiger partial charge in [-0.05, 0) is 18.2 Å². The minimum Gasteiger partial charge on any atom is -0.493 e. The van der Waals surface area contributed by atoms with Gasteiger partial charge >= 0.3 is 0 Å². The number of rotatable bonds is 8. The molecule has 1 N–H and O–H groups in total. The van der Waals surface area contributed by atoms with Gasteiger partial charge in [-0.3, -0.25) is 9.69 Å². The van der Waals surface area contributed by atoms with E-state index in [-0.39, 0.29) is 5.91 Å². The van der Waals surface area contributed by atoms with Crippen LogP contribution in [0.1, 0.15) is 0 Å². The van der Waals surface area contributed by atoms with Gasteiger partial charge in [0.25, 0.3) is 0 Å². The minimum absolute atomic E-state index is 0.00281. The highest BCUT2D eigenvalue weighted by Gasteiger charge is 2.20. The summed E-state index contributed by atoms with van der Waals surface area (Å²) in [5.41, 5.74) is 0. The Morgan fingerprint density at radius 1 is 1.07 bits per heavy atom. The van der Waals surface area contributed by atoms with Crippen molar-refractivity contribution in [3.63, 3.8) is 0 Å². The highest BCUT2D eigenvalue weighted by molar-refractivity contribution is 5.78. The van der Waals surface area contributed by atoms with E-state index in [1.54, 1.807) is 19.5 Å². The van der Waals surface area contributed by atoms with E-state index in [0.29, 0.717) is 31.2 Å². The number of methoxy groups -OCH3 is 1. The van der Waals surface area contributed by atoms with Crippen LogP contribution >= 0.6 is 0 Å². The Bertz CT molecular complexity index is 720. The molecule has 0 saturated carbocycles. The zero-order valence-corrected chi connectivity index (χ0v) is 15.5. The first kappa shape index (κ1) is 18.9. The normalized spacial score (nSPS) is 14.6. The molecular formula is C19H25N5O3. The molecule has 3 rings (SSSR count). The van der Waals surface area contributed by atoms with Crippen LogP contribution in [0.4, 0.5) is 5.95 Å². The van der Waals surface area contributed by atoms with Crippen molar-refractivity contribution in [1.82, 2.24) is 20.2 Å². The van der Waals surface area contributed by atoms with Gasteiger partial charge in [0.05, 0.1) is 20.2 Å². The molecule has 0 bridgehead atoms. The molecule has 8 nitrogen and oxygen atoms in total. The van der Waals surface area contributed by atoms with Crippen molar-refractivity contribution in [2.24, 2.45) is 0 Å². The van der Waals surface area contributed by atoms with Crippen LogP contribution in [0, 0.1) is 0 Å². The van der Waals surface area contributed by atoms with E-state index in [1.165, 1.54) is 0 Å². The maximum Gasteiger partial charge on any atom is 0.234 e. The number of amides is 1. The summed E-state index contributed by atoms with van der Waals surface area (Å²) in [6.07, 6.45) is 3.49. The Labute approximate surface area is 159 Å². The fourth-order valence-electron chi connectivity index (χ4n) is 2.91. The summed E-state index contributed by atoms with van der Waals surface area (Å²) < 4.78 is 10.9. The number of nitrogens with zero attached hydrogens (tertiary/aromatic N) is 4. The van der Waals surface area contributed by atoms with Gasteiger partial charge in [-0.15, -0.1) is 0 Å². The number of para-hydroxylation sites is 2. The lowest BCUT2D eigenvalue weighted by atomic mass is 10.3. The molecule has 2 aromatic rings. The Morgan fingerprint density at radius 2 is 1.78 bits per heavy atom. The lowest BCUT2D eigenvalue weighted by Gasteiger charge is -2.34. The topological polar surface area (TPSA) is 79.8 Å². The molecule has 1 aliphatic rings. The average Bonchev–Trinajstić information content (AvgIpc) is 2.73. The van der Waals surface area contributed by atoms with Crippen molar-refractivity contribution in [3.05, 3.63) is 42.7 Å². The molecule has 1 aromatic carbocycles. The lowest BCUT2D eigenvalue weighted by molar-refractivity contribution is -0.122. The molecule has 1 aromatic heterocycles. The molecule has 27 heavy (non-hydrogen) atoms. The summed E-state index contributed by atoms with van der Waals surface area (Å²) in [4.78, 5) is 24.9. The lowest BCUT2D eigenvalue weighted by Crippen LogP contribution is -2.50. The average molecular weight is 371 g/mol. The highest BCUT2D eigenvalue weighted by atomic mass is 16.5. The Hall–Kier alpha value is -2.87. The Balaban J connectivity index is 1.33. The molecule has 2 heterocycles. The number of carbonyl (C=O) groups excluding carboxylic acids is 1. The van der Waals surface area contributed by atoms with Gasteiger partial charge in [-0.25, -0.2) is 9.97 Å². The molecule has 1 amide bonds. The fourth-order valence-corrected chi connectivity index (χ4v) is 2.91. The third kappa shape index (κ3) is 5.55. The summed E-state index contributed by atoms with van der Waals surface area (Å²) in [5.74, 6) is 2.11. The number of hydrogen-bond acceptors (Lipinski definition) is 7. The number of piperazine rings is 1. The number of benzene rings is 1. The SMILES string of the molecule is COc1ccccc1OCCNC(=O)CN1CCN(c2ncccn2)CC1. The first-order valence-electron chi connectivity index (χ1n) is 9.03. The summed E-state index contributed by atoms with van der Waals surface area (Å²) in [6, 6.07) is 9.26. The zero-order chi connectivity index (χ0) is 18.9. The molecule has 0 spiro atoms. The molecule has 144 valence electrons. The van der Waals surface area contributed by atoms with Gasteiger partial charge in [0, 0.05) is 38.6 Å². The summed E-state index contributed by atoms with van der Waals surface area (Å²) >= 11 is 0. The third-order valence-electron chi connectivity index (χ3n) is 4.33. The molecule has 1 saturated heterocycles. The molecule has 0 aliphatic carbocycles. The molecule has 0 unspecified atom stereocenters. The van der Waals surface area contributed by atoms with Gasteiger partial charge in [0.15, 0.2) is 11.5 Å². The highest BCUT2D eigenvalue weighted by Crippen LogP contribution is 2.25. The second-order valence-corrected chi connectivity index (χ2v) is 6.16.